The van der Waals surface area contributed by atoms with Crippen LogP contribution in [0, 0.1) is 6.92 Å². The average Bonchev–Trinajstić information content (AvgIpc) is 2.23. The molecule has 0 bridgehead atoms. The van der Waals surface area contributed by atoms with Crippen LogP contribution < -0.4 is 26.3 Å². The Bertz CT molecular complexity index is 482. The molecular formula is C12H14BrNO. The highest BCUT2D eigenvalue weighted by atomic mass is 79.9. The molecule has 0 amide bonds. The van der Waals surface area contributed by atoms with Crippen LogP contribution in [0.1, 0.15) is 5.56 Å². The van der Waals surface area contributed by atoms with Crippen molar-refractivity contribution >= 4 is 10.9 Å². The van der Waals surface area contributed by atoms with Crippen molar-refractivity contribution in [1.82, 2.24) is 0 Å². The van der Waals surface area contributed by atoms with Crippen molar-refractivity contribution in [3.05, 3.63) is 36.0 Å². The van der Waals surface area contributed by atoms with Crippen LogP contribution in [0.4, 0.5) is 0 Å². The van der Waals surface area contributed by atoms with Gasteiger partial charge in [-0.3, -0.25) is 0 Å². The Morgan fingerprint density at radius 2 is 1.93 bits per heavy atom. The largest absolute Gasteiger partial charge is 1.00 e. The normalized spacial score (nSPS) is 9.80. The Hall–Kier alpha value is -1.09. The lowest BCUT2D eigenvalue weighted by Crippen LogP contribution is -3.00. The Labute approximate surface area is 100 Å². The number of methoxy groups -OCH3 is 1. The lowest BCUT2D eigenvalue weighted by atomic mass is 10.1. The molecule has 1 heterocycles. The zero-order valence-corrected chi connectivity index (χ0v) is 10.7. The molecule has 2 nitrogen and oxygen atoms in total. The molecule has 3 heteroatoms. The van der Waals surface area contributed by atoms with Gasteiger partial charge in [0.25, 0.3) is 0 Å². The minimum Gasteiger partial charge on any atom is -1.00 e. The monoisotopic (exact) mass is 267 g/mol. The predicted octanol–water partition coefficient (Wildman–Crippen LogP) is -1.01. The summed E-state index contributed by atoms with van der Waals surface area (Å²) in [6, 6.07) is 8.26. The number of nitrogens with zero attached hydrogens (tertiary/aromatic N) is 1. The first-order valence-corrected chi connectivity index (χ1v) is 4.65. The van der Waals surface area contributed by atoms with Crippen molar-refractivity contribution in [2.24, 2.45) is 7.05 Å². The number of aromatic nitrogens is 1. The average molecular weight is 268 g/mol. The zero-order chi connectivity index (χ0) is 10.1. The van der Waals surface area contributed by atoms with Crippen molar-refractivity contribution in [3.8, 4) is 5.75 Å². The third kappa shape index (κ3) is 2.12. The van der Waals surface area contributed by atoms with Crippen LogP contribution in [-0.4, -0.2) is 7.11 Å². The smallest absolute Gasteiger partial charge is 0.212 e. The van der Waals surface area contributed by atoms with Gasteiger partial charge in [-0.1, -0.05) is 0 Å². The van der Waals surface area contributed by atoms with E-state index in [2.05, 4.69) is 35.9 Å². The summed E-state index contributed by atoms with van der Waals surface area (Å²) in [5.74, 6) is 0.909. The number of benzene rings is 1. The van der Waals surface area contributed by atoms with Gasteiger partial charge in [0.15, 0.2) is 6.20 Å². The molecule has 0 atom stereocenters. The third-order valence-corrected chi connectivity index (χ3v) is 2.56. The number of fused-ring (bicyclic) bond motifs is 1. The van der Waals surface area contributed by atoms with Crippen molar-refractivity contribution in [2.45, 2.75) is 6.92 Å². The molecule has 0 aliphatic rings. The molecule has 0 saturated heterocycles. The summed E-state index contributed by atoms with van der Waals surface area (Å²) in [7, 11) is 3.74. The summed E-state index contributed by atoms with van der Waals surface area (Å²) in [4.78, 5) is 0. The molecule has 0 saturated carbocycles. The van der Waals surface area contributed by atoms with Gasteiger partial charge in [-0.2, -0.15) is 0 Å². The predicted molar refractivity (Wildman–Crippen MR) is 56.4 cm³/mol. The number of hydrogen-bond donors (Lipinski definition) is 0. The molecule has 0 N–H and O–H groups in total. The lowest BCUT2D eigenvalue weighted by Gasteiger charge is -2.03. The van der Waals surface area contributed by atoms with Crippen LogP contribution in [0.15, 0.2) is 30.5 Å². The highest BCUT2D eigenvalue weighted by Gasteiger charge is 2.07. The second-order valence-corrected chi connectivity index (χ2v) is 3.49. The molecule has 0 unspecified atom stereocenters. The van der Waals surface area contributed by atoms with Gasteiger partial charge in [0.05, 0.1) is 12.5 Å². The first-order chi connectivity index (χ1) is 6.72. The number of halogens is 1. The van der Waals surface area contributed by atoms with Crippen LogP contribution in [0.2, 0.25) is 0 Å². The van der Waals surface area contributed by atoms with Gasteiger partial charge in [0, 0.05) is 12.1 Å². The topological polar surface area (TPSA) is 13.1 Å². The van der Waals surface area contributed by atoms with E-state index < -0.39 is 0 Å². The third-order valence-electron chi connectivity index (χ3n) is 2.56. The maximum Gasteiger partial charge on any atom is 0.212 e. The molecule has 15 heavy (non-hydrogen) atoms. The van der Waals surface area contributed by atoms with E-state index in [1.165, 1.54) is 16.5 Å². The fourth-order valence-corrected chi connectivity index (χ4v) is 1.66. The Kier molecular flexibility index (Phi) is 3.69. The van der Waals surface area contributed by atoms with E-state index in [0.717, 1.165) is 5.75 Å². The SMILES string of the molecule is COc1ccc2c(c1)c(C)cc[n+]2C.[Br-]. The summed E-state index contributed by atoms with van der Waals surface area (Å²) >= 11 is 0. The lowest BCUT2D eigenvalue weighted by molar-refractivity contribution is -0.644. The number of rotatable bonds is 1. The second-order valence-electron chi connectivity index (χ2n) is 3.49. The zero-order valence-electron chi connectivity index (χ0n) is 9.12. The van der Waals surface area contributed by atoms with E-state index in [-0.39, 0.29) is 17.0 Å². The molecule has 1 aromatic heterocycles. The Morgan fingerprint density at radius 1 is 1.20 bits per heavy atom. The summed E-state index contributed by atoms with van der Waals surface area (Å²) in [5, 5.41) is 1.24. The standard InChI is InChI=1S/C12H14NO.BrH/c1-9-6-7-13(2)12-5-4-10(14-3)8-11(9)12;/h4-8H,1-3H3;1H/q+1;/p-1. The maximum atomic E-state index is 5.21. The molecule has 0 aliphatic carbocycles. The first-order valence-electron chi connectivity index (χ1n) is 4.65. The molecular weight excluding hydrogens is 254 g/mol. The molecule has 2 rings (SSSR count). The van der Waals surface area contributed by atoms with E-state index >= 15 is 0 Å². The quantitative estimate of drug-likeness (QED) is 0.604. The second kappa shape index (κ2) is 4.62. The number of ether oxygens (including phenoxy) is 1. The summed E-state index contributed by atoms with van der Waals surface area (Å²) < 4.78 is 7.32. The van der Waals surface area contributed by atoms with Gasteiger partial charge in [0.2, 0.25) is 5.52 Å². The van der Waals surface area contributed by atoms with E-state index in [4.69, 9.17) is 4.74 Å². The molecule has 0 fully saturated rings. The van der Waals surface area contributed by atoms with Gasteiger partial charge in [-0.05, 0) is 24.6 Å². The Morgan fingerprint density at radius 3 is 2.60 bits per heavy atom. The highest BCUT2D eigenvalue weighted by molar-refractivity contribution is 5.80. The van der Waals surface area contributed by atoms with E-state index in [9.17, 15) is 0 Å². The molecule has 0 aliphatic heterocycles. The van der Waals surface area contributed by atoms with Gasteiger partial charge in [0.1, 0.15) is 12.8 Å². The number of hydrogen-bond acceptors (Lipinski definition) is 1. The molecule has 0 radical (unpaired) electrons. The molecule has 2 aromatic rings. The van der Waals surface area contributed by atoms with Gasteiger partial charge < -0.3 is 21.7 Å². The minimum atomic E-state index is 0. The summed E-state index contributed by atoms with van der Waals surface area (Å²) in [5.41, 5.74) is 2.50. The van der Waals surface area contributed by atoms with Gasteiger partial charge in [-0.15, -0.1) is 0 Å². The minimum absolute atomic E-state index is 0. The molecule has 80 valence electrons. The van der Waals surface area contributed by atoms with Crippen molar-refractivity contribution in [3.63, 3.8) is 0 Å². The fourth-order valence-electron chi connectivity index (χ4n) is 1.66. The first kappa shape index (κ1) is 12.0. The number of pyridine rings is 1. The Balaban J connectivity index is 0.00000112. The number of aryl methyl sites for hydroxylation is 2. The van der Waals surface area contributed by atoms with Gasteiger partial charge >= 0.3 is 0 Å². The van der Waals surface area contributed by atoms with E-state index in [0.29, 0.717) is 0 Å². The van der Waals surface area contributed by atoms with Gasteiger partial charge in [-0.25, -0.2) is 4.57 Å². The summed E-state index contributed by atoms with van der Waals surface area (Å²) in [6.45, 7) is 2.11. The van der Waals surface area contributed by atoms with Crippen LogP contribution in [0.5, 0.6) is 5.75 Å². The van der Waals surface area contributed by atoms with Crippen LogP contribution in [0.3, 0.4) is 0 Å². The van der Waals surface area contributed by atoms with Crippen molar-refractivity contribution < 1.29 is 26.3 Å². The molecule has 1 aromatic carbocycles. The molecule has 0 spiro atoms. The van der Waals surface area contributed by atoms with Crippen LogP contribution in [0.25, 0.3) is 10.9 Å². The highest BCUT2D eigenvalue weighted by Crippen LogP contribution is 2.20. The fraction of sp³-hybridized carbons (Fsp3) is 0.250. The van der Waals surface area contributed by atoms with E-state index in [1.54, 1.807) is 7.11 Å². The van der Waals surface area contributed by atoms with Crippen molar-refractivity contribution in [2.75, 3.05) is 7.11 Å². The maximum absolute atomic E-state index is 5.21. The van der Waals surface area contributed by atoms with Crippen LogP contribution >= 0.6 is 0 Å². The summed E-state index contributed by atoms with van der Waals surface area (Å²) in [6.07, 6.45) is 2.07. The van der Waals surface area contributed by atoms with E-state index in [1.807, 2.05) is 13.1 Å². The van der Waals surface area contributed by atoms with Crippen LogP contribution in [-0.2, 0) is 7.05 Å². The van der Waals surface area contributed by atoms with Crippen molar-refractivity contribution in [1.29, 1.82) is 0 Å².